The van der Waals surface area contributed by atoms with Gasteiger partial charge in [0.25, 0.3) is 17.7 Å². The molecule has 9 amide bonds. The van der Waals surface area contributed by atoms with Gasteiger partial charge < -0.3 is 74.0 Å². The Morgan fingerprint density at radius 1 is 0.912 bits per heavy atom. The van der Waals surface area contributed by atoms with Crippen LogP contribution in [0.15, 0.2) is 64.9 Å². The van der Waals surface area contributed by atoms with Gasteiger partial charge in [0.15, 0.2) is 5.72 Å². The molecule has 1 aromatic carbocycles. The first kappa shape index (κ1) is 71.2. The molecule has 1 aromatic rings. The Balaban J connectivity index is 0.908. The van der Waals surface area contributed by atoms with Crippen molar-refractivity contribution >= 4 is 71.2 Å². The van der Waals surface area contributed by atoms with Gasteiger partial charge in [-0.1, -0.05) is 74.9 Å². The number of benzene rings is 1. The van der Waals surface area contributed by atoms with Crippen molar-refractivity contribution in [2.45, 2.75) is 178 Å². The molecule has 502 valence electrons. The van der Waals surface area contributed by atoms with E-state index in [0.717, 1.165) is 72.5 Å². The monoisotopic (exact) mass is 1290 g/mol. The number of hydrogen-bond acceptors (Lipinski definition) is 18. The first-order valence-electron chi connectivity index (χ1n) is 31.4. The number of anilines is 1. The van der Waals surface area contributed by atoms with Crippen LogP contribution in [0.5, 0.6) is 0 Å². The fourth-order valence-electron chi connectivity index (χ4n) is 12.3. The summed E-state index contributed by atoms with van der Waals surface area (Å²) in [6.07, 6.45) is 9.11. The summed E-state index contributed by atoms with van der Waals surface area (Å²) in [6.45, 7) is 6.32. The second-order valence-electron chi connectivity index (χ2n) is 24.9. The maximum atomic E-state index is 14.2. The molecule has 91 heavy (non-hydrogen) atoms. The van der Waals surface area contributed by atoms with E-state index in [1.807, 2.05) is 25.2 Å². The van der Waals surface area contributed by atoms with Crippen molar-refractivity contribution in [3.63, 3.8) is 0 Å². The van der Waals surface area contributed by atoms with Gasteiger partial charge >= 0.3 is 30.3 Å². The Bertz CT molecular complexity index is 2940. The van der Waals surface area contributed by atoms with Crippen LogP contribution in [0.1, 0.15) is 134 Å². The van der Waals surface area contributed by atoms with Gasteiger partial charge in [-0.05, 0) is 88.5 Å². The molecule has 26 nitrogen and oxygen atoms in total. The molecule has 4 unspecified atom stereocenters. The molecule has 12 atom stereocenters. The van der Waals surface area contributed by atoms with Crippen LogP contribution in [0, 0.1) is 17.8 Å². The zero-order valence-electron chi connectivity index (χ0n) is 53.6. The van der Waals surface area contributed by atoms with Crippen molar-refractivity contribution in [2.24, 2.45) is 17.8 Å². The van der Waals surface area contributed by atoms with Gasteiger partial charge in [-0.15, -0.1) is 0 Å². The van der Waals surface area contributed by atoms with E-state index in [1.165, 1.54) is 64.2 Å². The number of rotatable bonds is 19. The number of carbonyl (C=O) groups is 9. The molecule has 3 heterocycles. The summed E-state index contributed by atoms with van der Waals surface area (Å²) in [7, 11) is 7.32. The van der Waals surface area contributed by atoms with Crippen molar-refractivity contribution in [3.05, 3.63) is 76.1 Å². The van der Waals surface area contributed by atoms with Crippen molar-refractivity contribution < 1.29 is 86.5 Å². The first-order valence-corrected chi connectivity index (χ1v) is 31.7. The van der Waals surface area contributed by atoms with Crippen molar-refractivity contribution in [2.75, 3.05) is 73.5 Å². The predicted octanol–water partition coefficient (Wildman–Crippen LogP) is 6.53. The molecular weight excluding hydrogens is 1200 g/mol. The number of ether oxygens (including phenoxy) is 7. The molecule has 27 heteroatoms. The number of nitrogens with one attached hydrogen (secondary N) is 4. The number of imide groups is 1. The third-order valence-electron chi connectivity index (χ3n) is 18.0. The lowest BCUT2D eigenvalue weighted by Crippen LogP contribution is -2.64. The first-order chi connectivity index (χ1) is 43.2. The highest BCUT2D eigenvalue weighted by atomic mass is 35.5. The second kappa shape index (κ2) is 32.3. The summed E-state index contributed by atoms with van der Waals surface area (Å²) in [5, 5.41) is 35.2. The van der Waals surface area contributed by atoms with Crippen LogP contribution >= 0.6 is 11.6 Å². The number of epoxide rings is 1. The molecule has 7 rings (SSSR count). The molecule has 0 radical (unpaired) electrons. The topological polar surface area (TPSA) is 323 Å². The number of aliphatic hydroxyl groups is 2. The van der Waals surface area contributed by atoms with E-state index in [4.69, 9.17) is 44.8 Å². The van der Waals surface area contributed by atoms with Crippen molar-refractivity contribution in [3.8, 4) is 0 Å². The van der Waals surface area contributed by atoms with E-state index in [1.54, 1.807) is 13.0 Å². The number of urea groups is 1. The van der Waals surface area contributed by atoms with E-state index >= 15 is 0 Å². The molecule has 2 saturated heterocycles. The lowest BCUT2D eigenvalue weighted by molar-refractivity contribution is -0.163. The number of hydrogen-bond donors (Lipinski definition) is 6. The van der Waals surface area contributed by atoms with Crippen LogP contribution in [0.3, 0.4) is 0 Å². The van der Waals surface area contributed by atoms with Gasteiger partial charge in [-0.25, -0.2) is 24.0 Å². The minimum Gasteiger partial charge on any atom is -0.496 e. The summed E-state index contributed by atoms with van der Waals surface area (Å²) in [5.41, 5.74) is -1.31. The lowest BCUT2D eigenvalue weighted by Gasteiger charge is -2.43. The number of esters is 1. The third kappa shape index (κ3) is 19.2. The summed E-state index contributed by atoms with van der Waals surface area (Å²) >= 11 is 6.91. The number of halogens is 1. The number of amides is 9. The number of alkyl carbamates (subject to hydrolysis) is 1. The number of allylic oxidation sites excluding steroid dienone is 4. The Labute approximate surface area is 536 Å². The molecule has 0 aromatic heterocycles. The zero-order valence-corrected chi connectivity index (χ0v) is 54.4. The average Bonchev–Trinajstić information content (AvgIpc) is 1.58. The van der Waals surface area contributed by atoms with Crippen LogP contribution in [0.2, 0.25) is 0 Å². The average molecular weight is 1300 g/mol. The number of nitrogens with zero attached hydrogens (tertiary/aromatic N) is 4. The van der Waals surface area contributed by atoms with Gasteiger partial charge in [0.1, 0.15) is 48.9 Å². The summed E-state index contributed by atoms with van der Waals surface area (Å²) in [5.74, 6) is -3.13. The van der Waals surface area contributed by atoms with E-state index in [-0.39, 0.29) is 94.2 Å². The van der Waals surface area contributed by atoms with Crippen LogP contribution in [-0.4, -0.2) is 206 Å². The highest BCUT2D eigenvalue weighted by Gasteiger charge is 2.64. The maximum absolute atomic E-state index is 14.2. The van der Waals surface area contributed by atoms with Crippen molar-refractivity contribution in [1.82, 2.24) is 35.6 Å². The Hall–Kier alpha value is -7.26. The van der Waals surface area contributed by atoms with E-state index in [9.17, 15) is 53.4 Å². The molecule has 3 fully saturated rings. The standard InChI is InChI=1S/C64H91ClN8O18/c1-38-16-15-19-50(86-9)64(84)36-49(89-60(81)69-64)39(2)56-63(4,91-56)51(35-45(74)34-43-31-42(30-38)33-48(85-8)55(43)65)90-58(79)40(3)72(7)52(75)24-29-87-61(82)70(5)27-28-71(6)62(83)88-37-41-20-21-47(68-59(80)67-44-17-13-11-10-12-14-18-44)46(32-41)57(78)66-25-26-73-53(76)22-23-54(73)77/h13,17,20-23,32-33,38-40,43-45,49-51,56,74,84H,10-12,14-16,18-19,24-31,34-37H2,1-9H3,(H,66,78)(H,69,81)(H2,67,68,80)/b17-13+/t38?,39-,40+,43?,44?,45?,49+,50-,51+,56+,63+,64+/m1/s1. The molecule has 6 N–H and O–H groups in total. The fraction of sp³-hybridized carbons (Fsp3) is 0.641. The second-order valence-corrected chi connectivity index (χ2v) is 25.3. The smallest absolute Gasteiger partial charge is 0.409 e. The number of aliphatic hydroxyl groups excluding tert-OH is 1. The van der Waals surface area contributed by atoms with E-state index in [2.05, 4.69) is 28.2 Å². The van der Waals surface area contributed by atoms with Gasteiger partial charge in [0, 0.05) is 97.3 Å². The minimum absolute atomic E-state index is 0.00569. The van der Waals surface area contributed by atoms with Gasteiger partial charge in [-0.3, -0.25) is 29.4 Å². The van der Waals surface area contributed by atoms with Crippen LogP contribution in [0.4, 0.5) is 24.9 Å². The Morgan fingerprint density at radius 2 is 1.63 bits per heavy atom. The quantitative estimate of drug-likeness (QED) is 0.0282. The number of fused-ring (bicyclic) bond motifs is 5. The Kier molecular flexibility index (Phi) is 25.3. The van der Waals surface area contributed by atoms with Crippen LogP contribution in [0.25, 0.3) is 0 Å². The number of likely N-dealkylation sites (N-methyl/N-ethyl adjacent to an activating group) is 3. The molecule has 0 spiro atoms. The van der Waals surface area contributed by atoms with Gasteiger partial charge in [0.2, 0.25) is 5.91 Å². The van der Waals surface area contributed by atoms with Gasteiger partial charge in [-0.2, -0.15) is 0 Å². The molecule has 3 aliphatic heterocycles. The van der Waals surface area contributed by atoms with Crippen molar-refractivity contribution in [1.29, 1.82) is 0 Å². The highest BCUT2D eigenvalue weighted by molar-refractivity contribution is 6.30. The molecular formula is C64H91ClN8O18. The summed E-state index contributed by atoms with van der Waals surface area (Å²) < 4.78 is 40.8. The fourth-order valence-corrected chi connectivity index (χ4v) is 12.6. The number of methoxy groups -OCH3 is 2. The highest BCUT2D eigenvalue weighted by Crippen LogP contribution is 2.50. The minimum atomic E-state index is -1.76. The third-order valence-corrected chi connectivity index (χ3v) is 18.5. The molecule has 4 bridgehead atoms. The van der Waals surface area contributed by atoms with Crippen LogP contribution in [-0.2, 0) is 58.9 Å². The maximum Gasteiger partial charge on any atom is 0.409 e. The number of carbonyl (C=O) groups excluding carboxylic acids is 9. The summed E-state index contributed by atoms with van der Waals surface area (Å²) in [6, 6.07) is 2.62. The molecule has 1 saturated carbocycles. The lowest BCUT2D eigenvalue weighted by atomic mass is 9.81. The Morgan fingerprint density at radius 3 is 2.33 bits per heavy atom. The van der Waals surface area contributed by atoms with E-state index < -0.39 is 108 Å². The largest absolute Gasteiger partial charge is 0.496 e. The van der Waals surface area contributed by atoms with Crippen LogP contribution < -0.4 is 21.3 Å². The summed E-state index contributed by atoms with van der Waals surface area (Å²) in [4.78, 5) is 123. The van der Waals surface area contributed by atoms with Gasteiger partial charge in [0.05, 0.1) is 42.0 Å². The normalized spacial score (nSPS) is 28.4. The van der Waals surface area contributed by atoms with E-state index in [0.29, 0.717) is 35.6 Å². The zero-order chi connectivity index (χ0) is 66.3. The molecule has 6 aliphatic rings. The predicted molar refractivity (Wildman–Crippen MR) is 331 cm³/mol. The molecule has 3 aliphatic carbocycles. The SMILES string of the molecule is COC1=C(Cl)C2CC(=C1)CC(C)CCC[C@@H](OC)[C@@]1(O)C[C@H](OC(=O)N1)[C@@H](C)[C@@H]1O[C@@]1(C)[C@@H](OC(=O)[C@H](C)N(C)C(=O)CCOC(=O)N(C)CCN(C)C(=O)OCc1ccc(NC(=O)NC3/C=C/CCCCC3)c(C(=O)NCCN3C(=O)C=CC3=O)c1)CC(O)C2.